The van der Waals surface area contributed by atoms with E-state index in [1.165, 1.54) is 22.5 Å². The number of carbonyl (C=O) groups is 1. The molecule has 3 aromatic carbocycles. The first kappa shape index (κ1) is 16.5. The number of anilines is 1. The summed E-state index contributed by atoms with van der Waals surface area (Å²) in [5.74, 6) is -0.136. The lowest BCUT2D eigenvalue weighted by Gasteiger charge is -2.06. The number of aromatic nitrogens is 1. The highest BCUT2D eigenvalue weighted by Gasteiger charge is 2.13. The molecule has 0 unspecified atom stereocenters. The average molecular weight is 358 g/mol. The number of carbonyl (C=O) groups excluding carboxylic acids is 1. The maximum atomic E-state index is 12.7. The highest BCUT2D eigenvalue weighted by molar-refractivity contribution is 7.14. The van der Waals surface area contributed by atoms with E-state index < -0.39 is 0 Å². The van der Waals surface area contributed by atoms with Crippen molar-refractivity contribution in [2.24, 2.45) is 0 Å². The molecular weight excluding hydrogens is 340 g/mol. The third kappa shape index (κ3) is 3.11. The van der Waals surface area contributed by atoms with Crippen LogP contribution in [0.2, 0.25) is 0 Å². The van der Waals surface area contributed by atoms with E-state index in [0.717, 1.165) is 22.0 Å². The van der Waals surface area contributed by atoms with Gasteiger partial charge in [-0.25, -0.2) is 4.98 Å². The number of aryl methyl sites for hydroxylation is 2. The average Bonchev–Trinajstić information content (AvgIpc) is 3.09. The molecule has 0 aliphatic carbocycles. The summed E-state index contributed by atoms with van der Waals surface area (Å²) in [6, 6.07) is 19.9. The summed E-state index contributed by atoms with van der Waals surface area (Å²) < 4.78 is 0. The Morgan fingerprint density at radius 2 is 1.81 bits per heavy atom. The molecule has 0 fully saturated rings. The predicted molar refractivity (Wildman–Crippen MR) is 109 cm³/mol. The SMILES string of the molecule is Cc1ccc(-c2csc(NC(=O)c3cccc4ccccc34)n2)c(C)c1. The van der Waals surface area contributed by atoms with E-state index in [1.807, 2.05) is 47.8 Å². The number of nitrogens with zero attached hydrogens (tertiary/aromatic N) is 1. The van der Waals surface area contributed by atoms with Crippen LogP contribution < -0.4 is 5.32 Å². The van der Waals surface area contributed by atoms with Crippen molar-refractivity contribution in [2.45, 2.75) is 13.8 Å². The van der Waals surface area contributed by atoms with Crippen molar-refractivity contribution >= 4 is 33.1 Å². The Balaban J connectivity index is 1.62. The Morgan fingerprint density at radius 3 is 2.65 bits per heavy atom. The zero-order valence-electron chi connectivity index (χ0n) is 14.6. The van der Waals surface area contributed by atoms with Gasteiger partial charge in [0.1, 0.15) is 0 Å². The monoisotopic (exact) mass is 358 g/mol. The van der Waals surface area contributed by atoms with E-state index >= 15 is 0 Å². The molecule has 0 aliphatic heterocycles. The topological polar surface area (TPSA) is 42.0 Å². The van der Waals surface area contributed by atoms with Crippen LogP contribution in [0.4, 0.5) is 5.13 Å². The standard InChI is InChI=1S/C22H18N2OS/c1-14-10-11-17(15(2)12-14)20-13-26-22(23-20)24-21(25)19-9-5-7-16-6-3-4-8-18(16)19/h3-13H,1-2H3,(H,23,24,25). The molecule has 0 atom stereocenters. The number of thiazole rings is 1. The molecule has 128 valence electrons. The van der Waals surface area contributed by atoms with Gasteiger partial charge in [0.2, 0.25) is 0 Å². The fourth-order valence-corrected chi connectivity index (χ4v) is 3.85. The lowest BCUT2D eigenvalue weighted by molar-refractivity contribution is 0.102. The summed E-state index contributed by atoms with van der Waals surface area (Å²) in [6.07, 6.45) is 0. The first-order valence-corrected chi connectivity index (χ1v) is 9.32. The molecular formula is C22H18N2OS. The number of benzene rings is 3. The Morgan fingerprint density at radius 1 is 1.00 bits per heavy atom. The number of amides is 1. The normalized spacial score (nSPS) is 10.8. The summed E-state index contributed by atoms with van der Waals surface area (Å²) in [7, 11) is 0. The Hall–Kier alpha value is -2.98. The predicted octanol–water partition coefficient (Wildman–Crippen LogP) is 5.83. The minimum Gasteiger partial charge on any atom is -0.298 e. The van der Waals surface area contributed by atoms with Crippen LogP contribution in [0.1, 0.15) is 21.5 Å². The van der Waals surface area contributed by atoms with E-state index in [4.69, 9.17) is 0 Å². The van der Waals surface area contributed by atoms with Crippen molar-refractivity contribution in [3.63, 3.8) is 0 Å². The van der Waals surface area contributed by atoms with Crippen LogP contribution in [0.15, 0.2) is 66.0 Å². The van der Waals surface area contributed by atoms with Crippen molar-refractivity contribution in [3.8, 4) is 11.3 Å². The lowest BCUT2D eigenvalue weighted by Crippen LogP contribution is -2.12. The zero-order chi connectivity index (χ0) is 18.1. The molecule has 0 saturated heterocycles. The van der Waals surface area contributed by atoms with Gasteiger partial charge in [0.05, 0.1) is 5.69 Å². The maximum Gasteiger partial charge on any atom is 0.258 e. The van der Waals surface area contributed by atoms with Gasteiger partial charge in [0.15, 0.2) is 5.13 Å². The molecule has 1 amide bonds. The van der Waals surface area contributed by atoms with Gasteiger partial charge >= 0.3 is 0 Å². The summed E-state index contributed by atoms with van der Waals surface area (Å²) in [5, 5.41) is 7.53. The molecule has 3 nitrogen and oxygen atoms in total. The Bertz CT molecular complexity index is 1110. The van der Waals surface area contributed by atoms with Crippen LogP contribution in [0, 0.1) is 13.8 Å². The fourth-order valence-electron chi connectivity index (χ4n) is 3.14. The number of fused-ring (bicyclic) bond motifs is 1. The molecule has 0 saturated carbocycles. The van der Waals surface area contributed by atoms with E-state index in [-0.39, 0.29) is 5.91 Å². The summed E-state index contributed by atoms with van der Waals surface area (Å²) >= 11 is 1.44. The number of hydrogen-bond acceptors (Lipinski definition) is 3. The van der Waals surface area contributed by atoms with Crippen molar-refractivity contribution in [1.82, 2.24) is 4.98 Å². The van der Waals surface area contributed by atoms with Gasteiger partial charge in [-0.2, -0.15) is 0 Å². The summed E-state index contributed by atoms with van der Waals surface area (Å²) in [6.45, 7) is 4.16. The molecule has 0 bridgehead atoms. The van der Waals surface area contributed by atoms with Crippen molar-refractivity contribution < 1.29 is 4.79 Å². The van der Waals surface area contributed by atoms with E-state index in [1.54, 1.807) is 0 Å². The maximum absolute atomic E-state index is 12.7. The van der Waals surface area contributed by atoms with E-state index in [9.17, 15) is 4.79 Å². The Kier molecular flexibility index (Phi) is 4.27. The minimum absolute atomic E-state index is 0.136. The highest BCUT2D eigenvalue weighted by Crippen LogP contribution is 2.28. The zero-order valence-corrected chi connectivity index (χ0v) is 15.4. The number of rotatable bonds is 3. The molecule has 0 spiro atoms. The highest BCUT2D eigenvalue weighted by atomic mass is 32.1. The molecule has 4 rings (SSSR count). The first-order valence-electron chi connectivity index (χ1n) is 8.44. The van der Waals surface area contributed by atoms with Crippen molar-refractivity contribution in [3.05, 3.63) is 82.7 Å². The van der Waals surface area contributed by atoms with Gasteiger partial charge in [-0.3, -0.25) is 10.1 Å². The summed E-state index contributed by atoms with van der Waals surface area (Å²) in [5.41, 5.74) is 5.05. The number of nitrogens with one attached hydrogen (secondary N) is 1. The molecule has 1 heterocycles. The van der Waals surface area contributed by atoms with Crippen LogP contribution in [0.25, 0.3) is 22.0 Å². The van der Waals surface area contributed by atoms with Crippen LogP contribution in [-0.2, 0) is 0 Å². The largest absolute Gasteiger partial charge is 0.298 e. The van der Waals surface area contributed by atoms with Gasteiger partial charge < -0.3 is 0 Å². The molecule has 1 N–H and O–H groups in total. The van der Waals surface area contributed by atoms with Crippen molar-refractivity contribution in [1.29, 1.82) is 0 Å². The van der Waals surface area contributed by atoms with Gasteiger partial charge in [-0.05, 0) is 36.2 Å². The smallest absolute Gasteiger partial charge is 0.258 e. The lowest BCUT2D eigenvalue weighted by atomic mass is 10.0. The summed E-state index contributed by atoms with van der Waals surface area (Å²) in [4.78, 5) is 17.3. The molecule has 4 aromatic rings. The fraction of sp³-hybridized carbons (Fsp3) is 0.0909. The molecule has 1 aromatic heterocycles. The van der Waals surface area contributed by atoms with Crippen molar-refractivity contribution in [2.75, 3.05) is 5.32 Å². The van der Waals surface area contributed by atoms with Crippen LogP contribution in [0.5, 0.6) is 0 Å². The quantitative estimate of drug-likeness (QED) is 0.500. The molecule has 0 radical (unpaired) electrons. The third-order valence-electron chi connectivity index (χ3n) is 4.42. The van der Waals surface area contributed by atoms with Gasteiger partial charge in [0, 0.05) is 16.5 Å². The number of hydrogen-bond donors (Lipinski definition) is 1. The second-order valence-electron chi connectivity index (χ2n) is 6.34. The van der Waals surface area contributed by atoms with Crippen LogP contribution in [-0.4, -0.2) is 10.9 Å². The van der Waals surface area contributed by atoms with Gasteiger partial charge in [0.25, 0.3) is 5.91 Å². The molecule has 0 aliphatic rings. The second-order valence-corrected chi connectivity index (χ2v) is 7.20. The van der Waals surface area contributed by atoms with Gasteiger partial charge in [-0.15, -0.1) is 11.3 Å². The van der Waals surface area contributed by atoms with E-state index in [0.29, 0.717) is 10.7 Å². The Labute approximate surface area is 156 Å². The molecule has 26 heavy (non-hydrogen) atoms. The third-order valence-corrected chi connectivity index (χ3v) is 5.17. The van der Waals surface area contributed by atoms with Crippen LogP contribution in [0.3, 0.4) is 0 Å². The second kappa shape index (κ2) is 6.73. The van der Waals surface area contributed by atoms with Crippen LogP contribution >= 0.6 is 11.3 Å². The van der Waals surface area contributed by atoms with Gasteiger partial charge in [-0.1, -0.05) is 60.2 Å². The van der Waals surface area contributed by atoms with E-state index in [2.05, 4.69) is 42.3 Å². The molecule has 4 heteroatoms. The minimum atomic E-state index is -0.136. The first-order chi connectivity index (χ1) is 12.6.